The molecule has 16 heavy (non-hydrogen) atoms. The summed E-state index contributed by atoms with van der Waals surface area (Å²) < 4.78 is 6.11. The lowest BCUT2D eigenvalue weighted by atomic mass is 9.93. The molecule has 0 aromatic heterocycles. The molecule has 0 amide bonds. The van der Waals surface area contributed by atoms with Gasteiger partial charge in [0.1, 0.15) is 11.9 Å². The van der Waals surface area contributed by atoms with Crippen LogP contribution in [-0.2, 0) is 0 Å². The van der Waals surface area contributed by atoms with Crippen molar-refractivity contribution in [2.24, 2.45) is 0 Å². The van der Waals surface area contributed by atoms with Gasteiger partial charge in [-0.05, 0) is 31.4 Å². The van der Waals surface area contributed by atoms with Crippen LogP contribution in [0.2, 0.25) is 0 Å². The third kappa shape index (κ3) is 1.89. The molecule has 2 aliphatic rings. The number of hydrogen-bond acceptors (Lipinski definition) is 2. The SMILES string of the molecule is c1ccc2c(c1)NC1CCCCCCC1O2. The Balaban J connectivity index is 1.82. The number of rotatable bonds is 0. The highest BCUT2D eigenvalue weighted by molar-refractivity contribution is 5.58. The highest BCUT2D eigenvalue weighted by atomic mass is 16.5. The van der Waals surface area contributed by atoms with Crippen molar-refractivity contribution in [3.63, 3.8) is 0 Å². The number of anilines is 1. The van der Waals surface area contributed by atoms with Gasteiger partial charge in [-0.25, -0.2) is 0 Å². The van der Waals surface area contributed by atoms with Gasteiger partial charge < -0.3 is 10.1 Å². The van der Waals surface area contributed by atoms with Crippen LogP contribution in [0.25, 0.3) is 0 Å². The lowest BCUT2D eigenvalue weighted by Crippen LogP contribution is -2.41. The molecular weight excluding hydrogens is 198 g/mol. The monoisotopic (exact) mass is 217 g/mol. The van der Waals surface area contributed by atoms with Gasteiger partial charge >= 0.3 is 0 Å². The van der Waals surface area contributed by atoms with E-state index in [0.717, 1.165) is 5.75 Å². The van der Waals surface area contributed by atoms with E-state index in [1.54, 1.807) is 0 Å². The second-order valence-electron chi connectivity index (χ2n) is 4.89. The molecule has 1 heterocycles. The summed E-state index contributed by atoms with van der Waals surface area (Å²) in [6.07, 6.45) is 8.23. The Kier molecular flexibility index (Phi) is 2.73. The fourth-order valence-corrected chi connectivity index (χ4v) is 2.81. The summed E-state index contributed by atoms with van der Waals surface area (Å²) in [7, 11) is 0. The van der Waals surface area contributed by atoms with Crippen molar-refractivity contribution >= 4 is 5.69 Å². The number of hydrogen-bond donors (Lipinski definition) is 1. The van der Waals surface area contributed by atoms with Crippen molar-refractivity contribution in [1.29, 1.82) is 0 Å². The van der Waals surface area contributed by atoms with Crippen LogP contribution in [0.4, 0.5) is 5.69 Å². The highest BCUT2D eigenvalue weighted by Crippen LogP contribution is 2.34. The molecular formula is C14H19NO. The summed E-state index contributed by atoms with van der Waals surface area (Å²) in [6, 6.07) is 8.82. The second kappa shape index (κ2) is 4.36. The maximum absolute atomic E-state index is 6.11. The van der Waals surface area contributed by atoms with Gasteiger partial charge in [0.2, 0.25) is 0 Å². The molecule has 2 heteroatoms. The standard InChI is InChI=1S/C14H19NO/c1-2-4-9-13-11(7-3-1)15-12-8-5-6-10-14(12)16-13/h5-6,8,10-11,13,15H,1-4,7,9H2. The van der Waals surface area contributed by atoms with Crippen molar-refractivity contribution in [3.8, 4) is 5.75 Å². The van der Waals surface area contributed by atoms with Crippen LogP contribution in [0.15, 0.2) is 24.3 Å². The number of nitrogens with one attached hydrogen (secondary N) is 1. The number of fused-ring (bicyclic) bond motifs is 2. The van der Waals surface area contributed by atoms with Gasteiger partial charge in [-0.15, -0.1) is 0 Å². The van der Waals surface area contributed by atoms with Gasteiger partial charge in [-0.1, -0.05) is 31.4 Å². The maximum atomic E-state index is 6.11. The Hall–Kier alpha value is -1.18. The smallest absolute Gasteiger partial charge is 0.142 e. The molecule has 1 aliphatic heterocycles. The fourth-order valence-electron chi connectivity index (χ4n) is 2.81. The van der Waals surface area contributed by atoms with E-state index in [4.69, 9.17) is 4.74 Å². The van der Waals surface area contributed by atoms with E-state index in [2.05, 4.69) is 23.5 Å². The van der Waals surface area contributed by atoms with Crippen molar-refractivity contribution < 1.29 is 4.74 Å². The molecule has 0 radical (unpaired) electrons. The number of benzene rings is 1. The topological polar surface area (TPSA) is 21.3 Å². The molecule has 2 unspecified atom stereocenters. The van der Waals surface area contributed by atoms with E-state index >= 15 is 0 Å². The lowest BCUT2D eigenvalue weighted by Gasteiger charge is -2.36. The molecule has 0 spiro atoms. The Bertz CT molecular complexity index is 329. The Morgan fingerprint density at radius 2 is 1.81 bits per heavy atom. The number of ether oxygens (including phenoxy) is 1. The quantitative estimate of drug-likeness (QED) is 0.717. The summed E-state index contributed by atoms with van der Waals surface area (Å²) in [5, 5.41) is 3.64. The average Bonchev–Trinajstić information content (AvgIpc) is 2.29. The minimum atomic E-state index is 0.384. The molecule has 2 nitrogen and oxygen atoms in total. The molecule has 1 aromatic rings. The second-order valence-corrected chi connectivity index (χ2v) is 4.89. The fraction of sp³-hybridized carbons (Fsp3) is 0.571. The van der Waals surface area contributed by atoms with Crippen LogP contribution in [0.5, 0.6) is 5.75 Å². The molecule has 3 rings (SSSR count). The van der Waals surface area contributed by atoms with E-state index in [1.807, 2.05) is 6.07 Å². The summed E-state index contributed by atoms with van der Waals surface area (Å²) in [5.74, 6) is 1.03. The summed E-state index contributed by atoms with van der Waals surface area (Å²) in [4.78, 5) is 0. The van der Waals surface area contributed by atoms with Gasteiger partial charge in [0.15, 0.2) is 0 Å². The van der Waals surface area contributed by atoms with Crippen LogP contribution in [-0.4, -0.2) is 12.1 Å². The van der Waals surface area contributed by atoms with Crippen LogP contribution >= 0.6 is 0 Å². The van der Waals surface area contributed by atoms with Gasteiger partial charge in [0, 0.05) is 0 Å². The largest absolute Gasteiger partial charge is 0.486 e. The molecule has 0 saturated heterocycles. The third-order valence-corrected chi connectivity index (χ3v) is 3.71. The van der Waals surface area contributed by atoms with Crippen molar-refractivity contribution in [2.45, 2.75) is 50.7 Å². The third-order valence-electron chi connectivity index (χ3n) is 3.71. The first kappa shape index (κ1) is 10.0. The highest BCUT2D eigenvalue weighted by Gasteiger charge is 2.29. The minimum absolute atomic E-state index is 0.384. The summed E-state index contributed by atoms with van der Waals surface area (Å²) in [5.41, 5.74) is 1.17. The predicted molar refractivity (Wildman–Crippen MR) is 66.0 cm³/mol. The van der Waals surface area contributed by atoms with Crippen molar-refractivity contribution in [3.05, 3.63) is 24.3 Å². The first-order valence-electron chi connectivity index (χ1n) is 6.46. The first-order chi connectivity index (χ1) is 7.93. The van der Waals surface area contributed by atoms with Crippen LogP contribution in [0, 0.1) is 0 Å². The van der Waals surface area contributed by atoms with Gasteiger partial charge in [0.05, 0.1) is 11.7 Å². The lowest BCUT2D eigenvalue weighted by molar-refractivity contribution is 0.143. The molecule has 86 valence electrons. The molecule has 2 atom stereocenters. The zero-order valence-corrected chi connectivity index (χ0v) is 9.61. The van der Waals surface area contributed by atoms with Crippen LogP contribution < -0.4 is 10.1 Å². The molecule has 1 aromatic carbocycles. The maximum Gasteiger partial charge on any atom is 0.142 e. The van der Waals surface area contributed by atoms with E-state index in [1.165, 1.54) is 44.2 Å². The molecule has 0 bridgehead atoms. The summed E-state index contributed by atoms with van der Waals surface area (Å²) in [6.45, 7) is 0. The normalized spacial score (nSPS) is 28.8. The van der Waals surface area contributed by atoms with E-state index < -0.39 is 0 Å². The van der Waals surface area contributed by atoms with E-state index in [0.29, 0.717) is 12.1 Å². The first-order valence-corrected chi connectivity index (χ1v) is 6.46. The van der Waals surface area contributed by atoms with Crippen molar-refractivity contribution in [2.75, 3.05) is 5.32 Å². The predicted octanol–water partition coefficient (Wildman–Crippen LogP) is 3.58. The van der Waals surface area contributed by atoms with Crippen LogP contribution in [0.1, 0.15) is 38.5 Å². The Morgan fingerprint density at radius 3 is 2.75 bits per heavy atom. The van der Waals surface area contributed by atoms with Gasteiger partial charge in [-0.3, -0.25) is 0 Å². The summed E-state index contributed by atoms with van der Waals surface area (Å²) >= 11 is 0. The Morgan fingerprint density at radius 1 is 1.00 bits per heavy atom. The minimum Gasteiger partial charge on any atom is -0.486 e. The van der Waals surface area contributed by atoms with E-state index in [-0.39, 0.29) is 0 Å². The zero-order chi connectivity index (χ0) is 10.8. The van der Waals surface area contributed by atoms with Crippen LogP contribution in [0.3, 0.4) is 0 Å². The Labute approximate surface area is 97.0 Å². The molecule has 1 fully saturated rings. The van der Waals surface area contributed by atoms with Gasteiger partial charge in [0.25, 0.3) is 0 Å². The molecule has 1 aliphatic carbocycles. The van der Waals surface area contributed by atoms with Gasteiger partial charge in [-0.2, -0.15) is 0 Å². The van der Waals surface area contributed by atoms with Crippen molar-refractivity contribution in [1.82, 2.24) is 0 Å². The van der Waals surface area contributed by atoms with E-state index in [9.17, 15) is 0 Å². The molecule has 1 N–H and O–H groups in total. The zero-order valence-electron chi connectivity index (χ0n) is 9.61. The molecule has 1 saturated carbocycles. The number of para-hydroxylation sites is 2. The average molecular weight is 217 g/mol.